The van der Waals surface area contributed by atoms with Crippen molar-refractivity contribution in [2.45, 2.75) is 25.9 Å². The summed E-state index contributed by atoms with van der Waals surface area (Å²) >= 11 is 1.44. The van der Waals surface area contributed by atoms with Gasteiger partial charge in [-0.1, -0.05) is 0 Å². The predicted molar refractivity (Wildman–Crippen MR) is 80.5 cm³/mol. The molecule has 0 N–H and O–H groups in total. The number of aryl methyl sites for hydroxylation is 1. The molecule has 0 aromatic carbocycles. The normalized spacial score (nSPS) is 19.1. The van der Waals surface area contributed by atoms with Crippen molar-refractivity contribution in [2.24, 2.45) is 0 Å². The zero-order valence-corrected chi connectivity index (χ0v) is 12.6. The highest BCUT2D eigenvalue weighted by Crippen LogP contribution is 2.13. The van der Waals surface area contributed by atoms with Crippen molar-refractivity contribution in [2.75, 3.05) is 19.8 Å². The molecule has 1 aliphatic heterocycles. The maximum atomic E-state index is 12.2. The molecule has 1 amide bonds. The molecule has 1 saturated heterocycles. The Morgan fingerprint density at radius 2 is 2.43 bits per heavy atom. The van der Waals surface area contributed by atoms with Gasteiger partial charge < -0.3 is 9.64 Å². The van der Waals surface area contributed by atoms with Crippen LogP contribution in [0.2, 0.25) is 0 Å². The first-order valence-corrected chi connectivity index (χ1v) is 7.84. The fraction of sp³-hybridized carbons (Fsp3) is 0.500. The SMILES string of the molecule is C[C@@H]1COCCN1C(=O)CCn1cnc2sccc2c1=O. The number of fused-ring (bicyclic) bond motifs is 1. The first kappa shape index (κ1) is 14.2. The largest absolute Gasteiger partial charge is 0.377 e. The molecule has 3 rings (SSSR count). The van der Waals surface area contributed by atoms with Crippen molar-refractivity contribution >= 4 is 27.5 Å². The molecule has 2 aromatic rings. The van der Waals surface area contributed by atoms with E-state index in [0.29, 0.717) is 38.1 Å². The minimum absolute atomic E-state index is 0.0584. The van der Waals surface area contributed by atoms with Gasteiger partial charge in [-0.15, -0.1) is 11.3 Å². The van der Waals surface area contributed by atoms with Crippen molar-refractivity contribution in [3.05, 3.63) is 28.1 Å². The third kappa shape index (κ3) is 2.84. The number of thiophene rings is 1. The van der Waals surface area contributed by atoms with E-state index in [4.69, 9.17) is 4.74 Å². The molecule has 2 aromatic heterocycles. The number of aromatic nitrogens is 2. The fourth-order valence-corrected chi connectivity index (χ4v) is 3.23. The maximum absolute atomic E-state index is 12.2. The smallest absolute Gasteiger partial charge is 0.262 e. The molecular weight excluding hydrogens is 290 g/mol. The number of rotatable bonds is 3. The van der Waals surface area contributed by atoms with Gasteiger partial charge in [-0.05, 0) is 18.4 Å². The minimum atomic E-state index is -0.0796. The molecule has 21 heavy (non-hydrogen) atoms. The van der Waals surface area contributed by atoms with Gasteiger partial charge in [0.25, 0.3) is 5.56 Å². The first-order valence-electron chi connectivity index (χ1n) is 6.96. The molecule has 6 nitrogen and oxygen atoms in total. The van der Waals surface area contributed by atoms with Crippen LogP contribution in [0.1, 0.15) is 13.3 Å². The third-order valence-corrected chi connectivity index (χ3v) is 4.53. The number of nitrogens with zero attached hydrogens (tertiary/aromatic N) is 3. The summed E-state index contributed by atoms with van der Waals surface area (Å²) in [6, 6.07) is 1.87. The molecule has 1 fully saturated rings. The molecule has 7 heteroatoms. The Labute approximate surface area is 126 Å². The van der Waals surface area contributed by atoms with Crippen LogP contribution in [-0.2, 0) is 16.1 Å². The average molecular weight is 307 g/mol. The van der Waals surface area contributed by atoms with E-state index in [1.807, 2.05) is 17.2 Å². The van der Waals surface area contributed by atoms with Crippen molar-refractivity contribution < 1.29 is 9.53 Å². The quantitative estimate of drug-likeness (QED) is 0.851. The second-order valence-electron chi connectivity index (χ2n) is 5.14. The van der Waals surface area contributed by atoms with Crippen molar-refractivity contribution in [3.8, 4) is 0 Å². The van der Waals surface area contributed by atoms with Crippen LogP contribution in [0.3, 0.4) is 0 Å². The number of hydrogen-bond acceptors (Lipinski definition) is 5. The second kappa shape index (κ2) is 5.95. The molecule has 1 atom stereocenters. The molecule has 3 heterocycles. The summed E-state index contributed by atoms with van der Waals surface area (Å²) in [4.78, 5) is 31.3. The van der Waals surface area contributed by atoms with Crippen LogP contribution in [0.15, 0.2) is 22.6 Å². The molecule has 0 aliphatic carbocycles. The summed E-state index contributed by atoms with van der Waals surface area (Å²) in [7, 11) is 0. The van der Waals surface area contributed by atoms with Crippen LogP contribution in [0.5, 0.6) is 0 Å². The van der Waals surface area contributed by atoms with Crippen LogP contribution in [0.4, 0.5) is 0 Å². The van der Waals surface area contributed by atoms with Gasteiger partial charge in [-0.3, -0.25) is 14.2 Å². The van der Waals surface area contributed by atoms with E-state index in [2.05, 4.69) is 4.98 Å². The Hall–Kier alpha value is -1.73. The van der Waals surface area contributed by atoms with E-state index in [1.165, 1.54) is 22.2 Å². The molecular formula is C14H17N3O3S. The lowest BCUT2D eigenvalue weighted by molar-refractivity contribution is -0.139. The summed E-state index contributed by atoms with van der Waals surface area (Å²) in [5, 5.41) is 2.47. The monoisotopic (exact) mass is 307 g/mol. The molecule has 0 spiro atoms. The third-order valence-electron chi connectivity index (χ3n) is 3.70. The lowest BCUT2D eigenvalue weighted by Gasteiger charge is -2.33. The lowest BCUT2D eigenvalue weighted by Crippen LogP contribution is -2.47. The Bertz CT molecular complexity index is 709. The van der Waals surface area contributed by atoms with Crippen LogP contribution in [-0.4, -0.2) is 46.2 Å². The van der Waals surface area contributed by atoms with Crippen molar-refractivity contribution in [3.63, 3.8) is 0 Å². The molecule has 0 bridgehead atoms. The summed E-state index contributed by atoms with van der Waals surface area (Å²) in [6.07, 6.45) is 1.83. The zero-order valence-electron chi connectivity index (χ0n) is 11.8. The lowest BCUT2D eigenvalue weighted by atomic mass is 10.2. The van der Waals surface area contributed by atoms with Gasteiger partial charge in [-0.25, -0.2) is 4.98 Å². The van der Waals surface area contributed by atoms with Gasteiger partial charge in [0.2, 0.25) is 5.91 Å². The molecule has 1 aliphatic rings. The van der Waals surface area contributed by atoms with Crippen LogP contribution in [0.25, 0.3) is 10.2 Å². The standard InChI is InChI=1S/C14H17N3O3S/c1-10-8-20-6-5-17(10)12(18)2-4-16-9-15-13-11(14(16)19)3-7-21-13/h3,7,9-10H,2,4-6,8H2,1H3/t10-/m1/s1. The van der Waals surface area contributed by atoms with Crippen LogP contribution in [0, 0.1) is 0 Å². The van der Waals surface area contributed by atoms with Crippen LogP contribution < -0.4 is 5.56 Å². The van der Waals surface area contributed by atoms with Crippen molar-refractivity contribution in [1.82, 2.24) is 14.5 Å². The fourth-order valence-electron chi connectivity index (χ4n) is 2.51. The second-order valence-corrected chi connectivity index (χ2v) is 6.04. The van der Waals surface area contributed by atoms with E-state index in [-0.39, 0.29) is 17.5 Å². The van der Waals surface area contributed by atoms with Gasteiger partial charge >= 0.3 is 0 Å². The Balaban J connectivity index is 1.70. The Morgan fingerprint density at radius 3 is 3.24 bits per heavy atom. The van der Waals surface area contributed by atoms with Gasteiger partial charge in [0.15, 0.2) is 0 Å². The van der Waals surface area contributed by atoms with Crippen LogP contribution >= 0.6 is 11.3 Å². The summed E-state index contributed by atoms with van der Waals surface area (Å²) in [6.45, 7) is 4.12. The van der Waals surface area contributed by atoms with Gasteiger partial charge in [0, 0.05) is 19.5 Å². The number of hydrogen-bond donors (Lipinski definition) is 0. The average Bonchev–Trinajstić information content (AvgIpc) is 2.96. The van der Waals surface area contributed by atoms with Crippen molar-refractivity contribution in [1.29, 1.82) is 0 Å². The summed E-state index contributed by atoms with van der Waals surface area (Å²) < 4.78 is 6.84. The van der Waals surface area contributed by atoms with E-state index in [9.17, 15) is 9.59 Å². The van der Waals surface area contributed by atoms with E-state index in [1.54, 1.807) is 6.07 Å². The number of morpholine rings is 1. The summed E-state index contributed by atoms with van der Waals surface area (Å²) in [5.41, 5.74) is -0.0796. The molecule has 0 saturated carbocycles. The summed E-state index contributed by atoms with van der Waals surface area (Å²) in [5.74, 6) is 0.0584. The van der Waals surface area contributed by atoms with E-state index < -0.39 is 0 Å². The minimum Gasteiger partial charge on any atom is -0.377 e. The van der Waals surface area contributed by atoms with Gasteiger partial charge in [-0.2, -0.15) is 0 Å². The van der Waals surface area contributed by atoms with Gasteiger partial charge in [0.05, 0.1) is 31.0 Å². The Morgan fingerprint density at radius 1 is 1.57 bits per heavy atom. The predicted octanol–water partition coefficient (Wildman–Crippen LogP) is 1.10. The maximum Gasteiger partial charge on any atom is 0.262 e. The number of ether oxygens (including phenoxy) is 1. The number of carbonyl (C=O) groups excluding carboxylic acids is 1. The molecule has 0 radical (unpaired) electrons. The van der Waals surface area contributed by atoms with E-state index >= 15 is 0 Å². The Kier molecular flexibility index (Phi) is 4.03. The van der Waals surface area contributed by atoms with E-state index in [0.717, 1.165) is 4.83 Å². The highest BCUT2D eigenvalue weighted by molar-refractivity contribution is 7.16. The topological polar surface area (TPSA) is 64.4 Å². The van der Waals surface area contributed by atoms with Gasteiger partial charge in [0.1, 0.15) is 4.83 Å². The highest BCUT2D eigenvalue weighted by Gasteiger charge is 2.23. The zero-order chi connectivity index (χ0) is 14.8. The number of carbonyl (C=O) groups is 1. The molecule has 0 unspecified atom stereocenters. The first-order chi connectivity index (χ1) is 10.2. The molecule has 112 valence electrons. The number of amides is 1. The highest BCUT2D eigenvalue weighted by atomic mass is 32.1.